The minimum absolute atomic E-state index is 0.0213. The van der Waals surface area contributed by atoms with E-state index in [0.29, 0.717) is 5.56 Å². The molecule has 0 aliphatic carbocycles. The number of allylic oxidation sites excluding steroid dienone is 1. The van der Waals surface area contributed by atoms with E-state index in [1.54, 1.807) is 18.7 Å². The maximum Gasteiger partial charge on any atom is 0.247 e. The standard InChI is InChI=1S/C17H21FN4O3S/c1-21-10-12(8-20-21)15(23)3-4-16(24)19-9-14-7-13(18)11-22(14)17(25)5-6-26-2/h3-6,8,10,13-14H,7,9,11H2,1-2H3,(H,19,24)/b4-3+,6-5+/t13-,14-/m0/s1. The fraction of sp³-hybridized carbons (Fsp3) is 0.412. The van der Waals surface area contributed by atoms with Crippen LogP contribution in [0.15, 0.2) is 36.0 Å². The van der Waals surface area contributed by atoms with Crippen molar-refractivity contribution < 1.29 is 18.8 Å². The van der Waals surface area contributed by atoms with E-state index in [0.717, 1.165) is 12.2 Å². The van der Waals surface area contributed by atoms with Crippen molar-refractivity contribution >= 4 is 29.4 Å². The number of hydrogen-bond acceptors (Lipinski definition) is 5. The van der Waals surface area contributed by atoms with Crippen molar-refractivity contribution in [2.24, 2.45) is 7.05 Å². The summed E-state index contributed by atoms with van der Waals surface area (Å²) >= 11 is 1.38. The number of amides is 2. The predicted octanol–water partition coefficient (Wildman–Crippen LogP) is 1.09. The highest BCUT2D eigenvalue weighted by Gasteiger charge is 2.34. The molecule has 26 heavy (non-hydrogen) atoms. The van der Waals surface area contributed by atoms with Crippen LogP contribution in [0.2, 0.25) is 0 Å². The molecule has 0 aromatic carbocycles. The Morgan fingerprint density at radius 3 is 2.81 bits per heavy atom. The van der Waals surface area contributed by atoms with Gasteiger partial charge in [-0.25, -0.2) is 4.39 Å². The minimum atomic E-state index is -1.11. The van der Waals surface area contributed by atoms with Gasteiger partial charge in [-0.05, 0) is 17.7 Å². The molecule has 2 atom stereocenters. The van der Waals surface area contributed by atoms with Crippen molar-refractivity contribution in [3.05, 3.63) is 41.6 Å². The highest BCUT2D eigenvalue weighted by atomic mass is 32.2. The molecule has 1 saturated heterocycles. The Kier molecular flexibility index (Phi) is 7.14. The summed E-state index contributed by atoms with van der Waals surface area (Å²) in [6.07, 6.45) is 7.53. The molecular weight excluding hydrogens is 359 g/mol. The van der Waals surface area contributed by atoms with E-state index >= 15 is 0 Å². The molecule has 1 aliphatic heterocycles. The van der Waals surface area contributed by atoms with E-state index in [1.165, 1.54) is 33.6 Å². The van der Waals surface area contributed by atoms with E-state index in [9.17, 15) is 18.8 Å². The van der Waals surface area contributed by atoms with Gasteiger partial charge in [0.2, 0.25) is 11.8 Å². The van der Waals surface area contributed by atoms with E-state index < -0.39 is 18.1 Å². The van der Waals surface area contributed by atoms with Gasteiger partial charge in [0.25, 0.3) is 0 Å². The zero-order chi connectivity index (χ0) is 19.1. The highest BCUT2D eigenvalue weighted by Crippen LogP contribution is 2.20. The first kappa shape index (κ1) is 19.9. The lowest BCUT2D eigenvalue weighted by Gasteiger charge is -2.23. The summed E-state index contributed by atoms with van der Waals surface area (Å²) < 4.78 is 15.2. The van der Waals surface area contributed by atoms with Crippen LogP contribution in [0.5, 0.6) is 0 Å². The number of hydrogen-bond donors (Lipinski definition) is 1. The molecule has 1 fully saturated rings. The normalized spacial score (nSPS) is 20.2. The molecule has 7 nitrogen and oxygen atoms in total. The SMILES string of the molecule is CS/C=C/C(=O)N1C[C@@H](F)C[C@H]1CNC(=O)/C=C/C(=O)c1cnn(C)c1. The summed E-state index contributed by atoms with van der Waals surface area (Å²) in [5, 5.41) is 8.13. The first-order valence-corrected chi connectivity index (χ1v) is 9.32. The number of carbonyl (C=O) groups is 3. The molecular formula is C17H21FN4O3S. The molecule has 9 heteroatoms. The molecule has 0 unspecified atom stereocenters. The number of rotatable bonds is 7. The average Bonchev–Trinajstić information content (AvgIpc) is 3.21. The lowest BCUT2D eigenvalue weighted by atomic mass is 10.2. The molecule has 1 aromatic heterocycles. The van der Waals surface area contributed by atoms with Crippen LogP contribution in [-0.4, -0.2) is 63.8 Å². The van der Waals surface area contributed by atoms with Crippen LogP contribution in [0.4, 0.5) is 4.39 Å². The fourth-order valence-electron chi connectivity index (χ4n) is 2.62. The van der Waals surface area contributed by atoms with Crippen LogP contribution in [0, 0.1) is 0 Å². The highest BCUT2D eigenvalue weighted by molar-refractivity contribution is 8.01. The Labute approximate surface area is 155 Å². The van der Waals surface area contributed by atoms with Crippen molar-refractivity contribution in [2.45, 2.75) is 18.6 Å². The van der Waals surface area contributed by atoms with Gasteiger partial charge in [0.1, 0.15) is 6.17 Å². The number of aromatic nitrogens is 2. The number of nitrogens with zero attached hydrogens (tertiary/aromatic N) is 3. The van der Waals surface area contributed by atoms with Gasteiger partial charge in [0.15, 0.2) is 5.78 Å². The molecule has 0 bridgehead atoms. The number of alkyl halides is 1. The zero-order valence-electron chi connectivity index (χ0n) is 14.6. The molecule has 2 rings (SSSR count). The van der Waals surface area contributed by atoms with Gasteiger partial charge in [-0.2, -0.15) is 5.10 Å². The molecule has 1 aliphatic rings. The Hall–Kier alpha value is -2.42. The van der Waals surface area contributed by atoms with Gasteiger partial charge >= 0.3 is 0 Å². The molecule has 2 heterocycles. The third-order valence-electron chi connectivity index (χ3n) is 3.88. The van der Waals surface area contributed by atoms with Crippen LogP contribution in [0.1, 0.15) is 16.8 Å². The summed E-state index contributed by atoms with van der Waals surface area (Å²) in [7, 11) is 1.69. The number of halogens is 1. The summed E-state index contributed by atoms with van der Waals surface area (Å²) in [6.45, 7) is 0.150. The number of nitrogens with one attached hydrogen (secondary N) is 1. The predicted molar refractivity (Wildman–Crippen MR) is 97.4 cm³/mol. The van der Waals surface area contributed by atoms with Gasteiger partial charge in [0, 0.05) is 38.4 Å². The van der Waals surface area contributed by atoms with E-state index in [4.69, 9.17) is 0 Å². The Bertz CT molecular complexity index is 731. The van der Waals surface area contributed by atoms with Crippen LogP contribution in [0.3, 0.4) is 0 Å². The van der Waals surface area contributed by atoms with Crippen molar-refractivity contribution in [1.29, 1.82) is 0 Å². The molecule has 140 valence electrons. The maximum absolute atomic E-state index is 13.7. The topological polar surface area (TPSA) is 84.3 Å². The quantitative estimate of drug-likeness (QED) is 0.565. The summed E-state index contributed by atoms with van der Waals surface area (Å²) in [6, 6.07) is -0.407. The average molecular weight is 380 g/mol. The number of ketones is 1. The second-order valence-corrected chi connectivity index (χ2v) is 6.60. The second kappa shape index (κ2) is 9.33. The summed E-state index contributed by atoms with van der Waals surface area (Å²) in [5.74, 6) is -1.09. The molecule has 1 N–H and O–H groups in total. The lowest BCUT2D eigenvalue weighted by molar-refractivity contribution is -0.127. The third kappa shape index (κ3) is 5.55. The van der Waals surface area contributed by atoms with E-state index in [1.807, 2.05) is 6.26 Å². The van der Waals surface area contributed by atoms with Gasteiger partial charge < -0.3 is 10.2 Å². The van der Waals surface area contributed by atoms with Gasteiger partial charge in [-0.15, -0.1) is 11.8 Å². The number of carbonyl (C=O) groups excluding carboxylic acids is 3. The summed E-state index contributed by atoms with van der Waals surface area (Å²) in [5.41, 5.74) is 0.380. The summed E-state index contributed by atoms with van der Waals surface area (Å²) in [4.78, 5) is 37.2. The monoisotopic (exact) mass is 380 g/mol. The van der Waals surface area contributed by atoms with Crippen molar-refractivity contribution in [3.63, 3.8) is 0 Å². The largest absolute Gasteiger partial charge is 0.350 e. The van der Waals surface area contributed by atoms with Crippen LogP contribution < -0.4 is 5.32 Å². The lowest BCUT2D eigenvalue weighted by Crippen LogP contribution is -2.42. The smallest absolute Gasteiger partial charge is 0.247 e. The Morgan fingerprint density at radius 1 is 1.38 bits per heavy atom. The Balaban J connectivity index is 1.87. The first-order chi connectivity index (χ1) is 12.4. The maximum atomic E-state index is 13.7. The number of likely N-dealkylation sites (tertiary alicyclic amines) is 1. The minimum Gasteiger partial charge on any atom is -0.350 e. The van der Waals surface area contributed by atoms with Crippen molar-refractivity contribution in [2.75, 3.05) is 19.3 Å². The molecule has 2 amide bonds. The first-order valence-electron chi connectivity index (χ1n) is 8.03. The Morgan fingerprint density at radius 2 is 2.15 bits per heavy atom. The third-order valence-corrected chi connectivity index (χ3v) is 4.29. The van der Waals surface area contributed by atoms with Crippen LogP contribution in [-0.2, 0) is 16.6 Å². The van der Waals surface area contributed by atoms with E-state index in [-0.39, 0.29) is 31.2 Å². The van der Waals surface area contributed by atoms with E-state index in [2.05, 4.69) is 10.4 Å². The molecule has 0 radical (unpaired) electrons. The molecule has 1 aromatic rings. The van der Waals surface area contributed by atoms with Gasteiger partial charge in [-0.3, -0.25) is 19.1 Å². The number of thioether (sulfide) groups is 1. The van der Waals surface area contributed by atoms with Gasteiger partial charge in [-0.1, -0.05) is 0 Å². The zero-order valence-corrected chi connectivity index (χ0v) is 15.4. The van der Waals surface area contributed by atoms with Crippen molar-refractivity contribution in [3.8, 4) is 0 Å². The fourth-order valence-corrected chi connectivity index (χ4v) is 2.87. The number of aryl methyl sites for hydroxylation is 1. The van der Waals surface area contributed by atoms with Crippen LogP contribution in [0.25, 0.3) is 0 Å². The van der Waals surface area contributed by atoms with Crippen LogP contribution >= 0.6 is 11.8 Å². The van der Waals surface area contributed by atoms with Gasteiger partial charge in [0.05, 0.1) is 24.3 Å². The van der Waals surface area contributed by atoms with Crippen molar-refractivity contribution in [1.82, 2.24) is 20.0 Å². The second-order valence-electron chi connectivity index (χ2n) is 5.86. The molecule has 0 spiro atoms. The molecule has 0 saturated carbocycles.